The Balaban J connectivity index is 2.11. The molecule has 0 saturated heterocycles. The molecule has 4 heteroatoms. The Labute approximate surface area is 110 Å². The Kier molecular flexibility index (Phi) is 4.20. The molecule has 0 bridgehead atoms. The van der Waals surface area contributed by atoms with E-state index in [0.717, 1.165) is 5.56 Å². The standard InChI is InChI=1S/C14H11ClO3/c15-12-6-7-13(14(8-12)18-10-16)17-9-11-4-2-1-3-5-11/h1-8,10H,9H2. The number of carbonyl (C=O) groups is 1. The van der Waals surface area contributed by atoms with Crippen molar-refractivity contribution in [3.8, 4) is 11.5 Å². The number of hydrogen-bond acceptors (Lipinski definition) is 3. The third-order valence-electron chi connectivity index (χ3n) is 2.32. The van der Waals surface area contributed by atoms with E-state index in [9.17, 15) is 4.79 Å². The summed E-state index contributed by atoms with van der Waals surface area (Å²) in [7, 11) is 0. The van der Waals surface area contributed by atoms with Crippen LogP contribution in [-0.2, 0) is 11.4 Å². The lowest BCUT2D eigenvalue weighted by Crippen LogP contribution is -1.98. The molecule has 0 aliphatic rings. The van der Waals surface area contributed by atoms with Gasteiger partial charge in [-0.05, 0) is 17.7 Å². The minimum atomic E-state index is 0.313. The second-order valence-corrected chi connectivity index (χ2v) is 4.02. The molecule has 0 heterocycles. The van der Waals surface area contributed by atoms with Crippen LogP contribution in [-0.4, -0.2) is 6.47 Å². The van der Waals surface area contributed by atoms with Crippen LogP contribution in [0, 0.1) is 0 Å². The molecule has 0 atom stereocenters. The number of hydrogen-bond donors (Lipinski definition) is 0. The molecular weight excluding hydrogens is 252 g/mol. The zero-order valence-electron chi connectivity index (χ0n) is 9.51. The van der Waals surface area contributed by atoms with Crippen LogP contribution >= 0.6 is 11.6 Å². The summed E-state index contributed by atoms with van der Waals surface area (Å²) in [6, 6.07) is 14.6. The molecule has 0 unspecified atom stereocenters. The molecule has 2 aromatic carbocycles. The van der Waals surface area contributed by atoms with Gasteiger partial charge >= 0.3 is 0 Å². The van der Waals surface area contributed by atoms with Gasteiger partial charge in [-0.3, -0.25) is 4.79 Å². The largest absolute Gasteiger partial charge is 0.485 e. The minimum Gasteiger partial charge on any atom is -0.485 e. The van der Waals surface area contributed by atoms with Gasteiger partial charge < -0.3 is 9.47 Å². The zero-order chi connectivity index (χ0) is 12.8. The van der Waals surface area contributed by atoms with E-state index in [1.54, 1.807) is 12.1 Å². The first-order chi connectivity index (χ1) is 8.79. The third kappa shape index (κ3) is 3.25. The van der Waals surface area contributed by atoms with Crippen molar-refractivity contribution < 1.29 is 14.3 Å². The molecule has 0 amide bonds. The van der Waals surface area contributed by atoms with Gasteiger partial charge in [0.25, 0.3) is 6.47 Å². The van der Waals surface area contributed by atoms with Gasteiger partial charge in [-0.15, -0.1) is 0 Å². The number of rotatable bonds is 5. The van der Waals surface area contributed by atoms with Crippen molar-refractivity contribution in [1.29, 1.82) is 0 Å². The van der Waals surface area contributed by atoms with Crippen molar-refractivity contribution >= 4 is 18.1 Å². The summed E-state index contributed by atoms with van der Waals surface area (Å²) in [4.78, 5) is 10.4. The Morgan fingerprint density at radius 3 is 2.56 bits per heavy atom. The van der Waals surface area contributed by atoms with Gasteiger partial charge in [0.1, 0.15) is 6.61 Å². The molecule has 0 fully saturated rings. The van der Waals surface area contributed by atoms with Crippen LogP contribution in [0.25, 0.3) is 0 Å². The summed E-state index contributed by atoms with van der Waals surface area (Å²) in [5.74, 6) is 0.795. The highest BCUT2D eigenvalue weighted by Crippen LogP contribution is 2.30. The summed E-state index contributed by atoms with van der Waals surface area (Å²) in [5.41, 5.74) is 1.03. The molecule has 92 valence electrons. The van der Waals surface area contributed by atoms with E-state index >= 15 is 0 Å². The maximum absolute atomic E-state index is 10.4. The van der Waals surface area contributed by atoms with Gasteiger partial charge in [0.2, 0.25) is 0 Å². The molecule has 2 aromatic rings. The first-order valence-corrected chi connectivity index (χ1v) is 5.74. The molecule has 0 radical (unpaired) electrons. The lowest BCUT2D eigenvalue weighted by Gasteiger charge is -2.10. The fourth-order valence-corrected chi connectivity index (χ4v) is 1.64. The molecule has 0 aliphatic heterocycles. The number of carbonyl (C=O) groups excluding carboxylic acids is 1. The van der Waals surface area contributed by atoms with Crippen molar-refractivity contribution in [2.45, 2.75) is 6.61 Å². The van der Waals surface area contributed by atoms with E-state index in [4.69, 9.17) is 21.1 Å². The Bertz CT molecular complexity index is 526. The fraction of sp³-hybridized carbons (Fsp3) is 0.0714. The highest BCUT2D eigenvalue weighted by Gasteiger charge is 2.06. The van der Waals surface area contributed by atoms with E-state index in [2.05, 4.69) is 0 Å². The van der Waals surface area contributed by atoms with Crippen molar-refractivity contribution in [3.63, 3.8) is 0 Å². The van der Waals surface area contributed by atoms with Gasteiger partial charge in [0, 0.05) is 11.1 Å². The minimum absolute atomic E-state index is 0.313. The lowest BCUT2D eigenvalue weighted by molar-refractivity contribution is -0.120. The first kappa shape index (κ1) is 12.5. The summed E-state index contributed by atoms with van der Waals surface area (Å²) >= 11 is 5.82. The predicted octanol–water partition coefficient (Wildman–Crippen LogP) is 3.45. The molecule has 0 aromatic heterocycles. The summed E-state index contributed by atoms with van der Waals surface area (Å²) in [6.07, 6.45) is 0. The predicted molar refractivity (Wildman–Crippen MR) is 68.9 cm³/mol. The van der Waals surface area contributed by atoms with Crippen LogP contribution in [0.15, 0.2) is 48.5 Å². The Hall–Kier alpha value is -2.00. The average molecular weight is 263 g/mol. The van der Waals surface area contributed by atoms with E-state index in [1.165, 1.54) is 6.07 Å². The van der Waals surface area contributed by atoms with Crippen LogP contribution in [0.3, 0.4) is 0 Å². The number of benzene rings is 2. The second-order valence-electron chi connectivity index (χ2n) is 3.58. The highest BCUT2D eigenvalue weighted by molar-refractivity contribution is 6.30. The van der Waals surface area contributed by atoms with Crippen LogP contribution in [0.4, 0.5) is 0 Å². The third-order valence-corrected chi connectivity index (χ3v) is 2.55. The van der Waals surface area contributed by atoms with E-state index in [0.29, 0.717) is 29.6 Å². The maximum Gasteiger partial charge on any atom is 0.298 e. The summed E-state index contributed by atoms with van der Waals surface area (Å²) in [5, 5.41) is 0.485. The van der Waals surface area contributed by atoms with Crippen LogP contribution in [0.5, 0.6) is 11.5 Å². The highest BCUT2D eigenvalue weighted by atomic mass is 35.5. The van der Waals surface area contributed by atoms with E-state index < -0.39 is 0 Å². The van der Waals surface area contributed by atoms with E-state index in [1.807, 2.05) is 30.3 Å². The lowest BCUT2D eigenvalue weighted by atomic mass is 10.2. The van der Waals surface area contributed by atoms with E-state index in [-0.39, 0.29) is 0 Å². The molecule has 0 aliphatic carbocycles. The Morgan fingerprint density at radius 1 is 1.06 bits per heavy atom. The summed E-state index contributed by atoms with van der Waals surface area (Å²) < 4.78 is 10.4. The normalized spacial score (nSPS) is 9.83. The SMILES string of the molecule is O=COc1cc(Cl)ccc1OCc1ccccc1. The summed E-state index contributed by atoms with van der Waals surface area (Å²) in [6.45, 7) is 0.749. The van der Waals surface area contributed by atoms with Crippen LogP contribution in [0.2, 0.25) is 5.02 Å². The molecule has 18 heavy (non-hydrogen) atoms. The molecular formula is C14H11ClO3. The first-order valence-electron chi connectivity index (χ1n) is 5.36. The van der Waals surface area contributed by atoms with Crippen LogP contribution in [0.1, 0.15) is 5.56 Å². The van der Waals surface area contributed by atoms with Crippen molar-refractivity contribution in [2.24, 2.45) is 0 Å². The fourth-order valence-electron chi connectivity index (χ4n) is 1.48. The molecule has 0 N–H and O–H groups in total. The van der Waals surface area contributed by atoms with Crippen molar-refractivity contribution in [1.82, 2.24) is 0 Å². The maximum atomic E-state index is 10.4. The zero-order valence-corrected chi connectivity index (χ0v) is 10.3. The molecule has 3 nitrogen and oxygen atoms in total. The smallest absolute Gasteiger partial charge is 0.298 e. The average Bonchev–Trinajstić information content (AvgIpc) is 2.39. The second kappa shape index (κ2) is 6.07. The quantitative estimate of drug-likeness (QED) is 0.774. The van der Waals surface area contributed by atoms with Gasteiger partial charge in [0.15, 0.2) is 11.5 Å². The van der Waals surface area contributed by atoms with Gasteiger partial charge in [-0.1, -0.05) is 41.9 Å². The van der Waals surface area contributed by atoms with Gasteiger partial charge in [-0.2, -0.15) is 0 Å². The monoisotopic (exact) mass is 262 g/mol. The molecule has 0 saturated carbocycles. The topological polar surface area (TPSA) is 35.5 Å². The van der Waals surface area contributed by atoms with Crippen molar-refractivity contribution in [3.05, 3.63) is 59.1 Å². The van der Waals surface area contributed by atoms with Crippen LogP contribution < -0.4 is 9.47 Å². The molecule has 0 spiro atoms. The van der Waals surface area contributed by atoms with Gasteiger partial charge in [-0.25, -0.2) is 0 Å². The van der Waals surface area contributed by atoms with Gasteiger partial charge in [0.05, 0.1) is 0 Å². The number of halogens is 1. The van der Waals surface area contributed by atoms with Crippen molar-refractivity contribution in [2.75, 3.05) is 0 Å². The number of ether oxygens (including phenoxy) is 2. The molecule has 2 rings (SSSR count). The Morgan fingerprint density at radius 2 is 1.83 bits per heavy atom.